The fraction of sp³-hybridized carbons (Fsp3) is 0.667. The fourth-order valence-electron chi connectivity index (χ4n) is 4.01. The normalized spacial score (nSPS) is 17.3. The smallest absolute Gasteiger partial charge is 0.243 e. The quantitative estimate of drug-likeness (QED) is 0.440. The third-order valence-corrected chi connectivity index (χ3v) is 6.11. The first-order valence-corrected chi connectivity index (χ1v) is 11.6. The van der Waals surface area contributed by atoms with Gasteiger partial charge < -0.3 is 20.3 Å². The van der Waals surface area contributed by atoms with Gasteiger partial charge in [0.2, 0.25) is 5.91 Å². The van der Waals surface area contributed by atoms with E-state index in [0.717, 1.165) is 45.7 Å². The van der Waals surface area contributed by atoms with Gasteiger partial charge in [0.15, 0.2) is 5.96 Å². The van der Waals surface area contributed by atoms with E-state index in [1.807, 2.05) is 18.2 Å². The van der Waals surface area contributed by atoms with Gasteiger partial charge in [-0.05, 0) is 18.4 Å². The van der Waals surface area contributed by atoms with Crippen LogP contribution in [-0.4, -0.2) is 81.2 Å². The first kappa shape index (κ1) is 25.1. The molecule has 2 rings (SSSR count). The maximum Gasteiger partial charge on any atom is 0.243 e. The lowest BCUT2D eigenvalue weighted by Crippen LogP contribution is -2.53. The second kappa shape index (κ2) is 13.3. The predicted octanol–water partition coefficient (Wildman–Crippen LogP) is 2.51. The number of aliphatic imine (C=N–C) groups is 1. The van der Waals surface area contributed by atoms with Gasteiger partial charge in [-0.15, -0.1) is 0 Å². The summed E-state index contributed by atoms with van der Waals surface area (Å²) in [6.07, 6.45) is 2.28. The van der Waals surface area contributed by atoms with Crippen molar-refractivity contribution < 1.29 is 9.53 Å². The molecule has 7 heteroatoms. The lowest BCUT2D eigenvalue weighted by Gasteiger charge is -2.39. The number of carbonyl (C=O) groups excluding carboxylic acids is 1. The third kappa shape index (κ3) is 8.15. The molecular formula is C24H41N5O2. The minimum absolute atomic E-state index is 0.0156. The van der Waals surface area contributed by atoms with E-state index >= 15 is 0 Å². The van der Waals surface area contributed by atoms with Crippen LogP contribution < -0.4 is 10.6 Å². The summed E-state index contributed by atoms with van der Waals surface area (Å²) in [6.45, 7) is 11.1. The molecule has 174 valence electrons. The van der Waals surface area contributed by atoms with Crippen molar-refractivity contribution in [2.24, 2.45) is 10.9 Å². The molecule has 2 atom stereocenters. The van der Waals surface area contributed by atoms with Crippen LogP contribution in [0, 0.1) is 5.92 Å². The van der Waals surface area contributed by atoms with Gasteiger partial charge >= 0.3 is 0 Å². The maximum atomic E-state index is 12.1. The van der Waals surface area contributed by atoms with Gasteiger partial charge in [-0.2, -0.15) is 0 Å². The Morgan fingerprint density at radius 3 is 2.39 bits per heavy atom. The number of carbonyl (C=O) groups is 1. The predicted molar refractivity (Wildman–Crippen MR) is 127 cm³/mol. The van der Waals surface area contributed by atoms with Crippen molar-refractivity contribution in [3.8, 4) is 0 Å². The summed E-state index contributed by atoms with van der Waals surface area (Å²) in [4.78, 5) is 20.8. The maximum absolute atomic E-state index is 12.1. The zero-order valence-corrected chi connectivity index (χ0v) is 19.9. The molecule has 2 N–H and O–H groups in total. The third-order valence-electron chi connectivity index (χ3n) is 6.11. The van der Waals surface area contributed by atoms with Crippen molar-refractivity contribution in [1.82, 2.24) is 20.4 Å². The minimum Gasteiger partial charge on any atom is -0.379 e. The summed E-state index contributed by atoms with van der Waals surface area (Å²) in [5.41, 5.74) is 1.18. The van der Waals surface area contributed by atoms with Crippen LogP contribution in [0.5, 0.6) is 0 Å². The second-order valence-corrected chi connectivity index (χ2v) is 8.40. The molecule has 0 aromatic heterocycles. The summed E-state index contributed by atoms with van der Waals surface area (Å²) >= 11 is 0. The summed E-state index contributed by atoms with van der Waals surface area (Å²) < 4.78 is 5.57. The van der Waals surface area contributed by atoms with Crippen LogP contribution in [0.3, 0.4) is 0 Å². The van der Waals surface area contributed by atoms with Gasteiger partial charge in [0.25, 0.3) is 0 Å². The fourth-order valence-corrected chi connectivity index (χ4v) is 4.01. The summed E-state index contributed by atoms with van der Waals surface area (Å²) in [5, 5.41) is 7.03. The van der Waals surface area contributed by atoms with Crippen molar-refractivity contribution >= 4 is 11.9 Å². The Morgan fingerprint density at radius 1 is 1.16 bits per heavy atom. The molecule has 1 aliphatic rings. The number of benzene rings is 1. The first-order valence-electron chi connectivity index (χ1n) is 11.6. The van der Waals surface area contributed by atoms with Gasteiger partial charge in [0.05, 0.1) is 19.3 Å². The molecule has 1 fully saturated rings. The number of likely N-dealkylation sites (N-methyl/N-ethyl adjacent to an activating group) is 1. The second-order valence-electron chi connectivity index (χ2n) is 8.40. The van der Waals surface area contributed by atoms with Crippen molar-refractivity contribution in [3.05, 3.63) is 35.9 Å². The summed E-state index contributed by atoms with van der Waals surface area (Å²) in [5.74, 6) is 1.26. The highest BCUT2D eigenvalue weighted by Crippen LogP contribution is 2.19. The van der Waals surface area contributed by atoms with Crippen LogP contribution in [0.2, 0.25) is 0 Å². The molecule has 0 spiro atoms. The first-order chi connectivity index (χ1) is 15.0. The van der Waals surface area contributed by atoms with Crippen molar-refractivity contribution in [1.29, 1.82) is 0 Å². The molecule has 2 unspecified atom stereocenters. The molecule has 0 bridgehead atoms. The zero-order valence-electron chi connectivity index (χ0n) is 19.9. The Balaban J connectivity index is 2.12. The number of nitrogens with zero attached hydrogens (tertiary/aromatic N) is 3. The molecule has 0 aliphatic carbocycles. The number of guanidine groups is 1. The van der Waals surface area contributed by atoms with Gasteiger partial charge in [-0.25, -0.2) is 4.99 Å². The average molecular weight is 432 g/mol. The molecule has 1 heterocycles. The van der Waals surface area contributed by atoms with E-state index in [2.05, 4.69) is 53.4 Å². The number of morpholine rings is 1. The molecular weight excluding hydrogens is 390 g/mol. The number of ether oxygens (including phenoxy) is 1. The molecule has 1 aliphatic heterocycles. The van der Waals surface area contributed by atoms with Gasteiger partial charge in [-0.1, -0.05) is 57.0 Å². The van der Waals surface area contributed by atoms with Crippen molar-refractivity contribution in [3.63, 3.8) is 0 Å². The van der Waals surface area contributed by atoms with Crippen LogP contribution in [0.15, 0.2) is 35.3 Å². The highest BCUT2D eigenvalue weighted by Gasteiger charge is 2.27. The Hall–Kier alpha value is -2.12. The lowest BCUT2D eigenvalue weighted by molar-refractivity contribution is -0.127. The van der Waals surface area contributed by atoms with Crippen molar-refractivity contribution in [2.75, 3.05) is 53.5 Å². The van der Waals surface area contributed by atoms with Gasteiger partial charge in [0, 0.05) is 39.8 Å². The van der Waals surface area contributed by atoms with E-state index in [1.165, 1.54) is 5.56 Å². The Kier molecular flexibility index (Phi) is 10.8. The molecule has 7 nitrogen and oxygen atoms in total. The van der Waals surface area contributed by atoms with Crippen molar-refractivity contribution in [2.45, 2.75) is 45.7 Å². The number of rotatable bonds is 10. The topological polar surface area (TPSA) is 69.2 Å². The minimum atomic E-state index is -0.0156. The van der Waals surface area contributed by atoms with Crippen LogP contribution in [-0.2, 0) is 9.53 Å². The van der Waals surface area contributed by atoms with Crippen LogP contribution in [0.25, 0.3) is 0 Å². The van der Waals surface area contributed by atoms with E-state index < -0.39 is 0 Å². The van der Waals surface area contributed by atoms with Gasteiger partial charge in [-0.3, -0.25) is 9.69 Å². The van der Waals surface area contributed by atoms with E-state index in [9.17, 15) is 4.79 Å². The number of nitrogens with one attached hydrogen (secondary N) is 2. The molecule has 1 amide bonds. The van der Waals surface area contributed by atoms with E-state index in [-0.39, 0.29) is 18.5 Å². The van der Waals surface area contributed by atoms with Crippen LogP contribution in [0.1, 0.15) is 45.2 Å². The highest BCUT2D eigenvalue weighted by atomic mass is 16.5. The molecule has 1 saturated heterocycles. The molecule has 1 aromatic carbocycles. The lowest BCUT2D eigenvalue weighted by atomic mass is 9.92. The SMILES string of the molecule is CCC(CC)C(CNC(=NCC(=O)N(C)C)NC(C)c1ccccc1)N1CCOCC1. The molecule has 1 aromatic rings. The molecule has 0 radical (unpaired) electrons. The largest absolute Gasteiger partial charge is 0.379 e. The standard InChI is InChI=1S/C24H41N5O2/c1-6-20(7-2)22(29-13-15-31-16-14-29)17-25-24(26-18-23(30)28(4)5)27-19(3)21-11-9-8-10-12-21/h8-12,19-20,22H,6-7,13-18H2,1-5H3,(H2,25,26,27). The van der Waals surface area contributed by atoms with Gasteiger partial charge in [0.1, 0.15) is 6.54 Å². The Labute approximate surface area is 188 Å². The average Bonchev–Trinajstić information content (AvgIpc) is 2.80. The zero-order chi connectivity index (χ0) is 22.6. The van der Waals surface area contributed by atoms with E-state index in [4.69, 9.17) is 4.74 Å². The summed E-state index contributed by atoms with van der Waals surface area (Å²) in [6, 6.07) is 10.8. The number of hydrogen-bond acceptors (Lipinski definition) is 4. The van der Waals surface area contributed by atoms with E-state index in [0.29, 0.717) is 17.9 Å². The Bertz CT molecular complexity index is 670. The molecule has 31 heavy (non-hydrogen) atoms. The van der Waals surface area contributed by atoms with Crippen LogP contribution >= 0.6 is 0 Å². The number of amides is 1. The van der Waals surface area contributed by atoms with Crippen LogP contribution in [0.4, 0.5) is 0 Å². The monoisotopic (exact) mass is 431 g/mol. The van der Waals surface area contributed by atoms with E-state index in [1.54, 1.807) is 19.0 Å². The highest BCUT2D eigenvalue weighted by molar-refractivity contribution is 5.85. The summed E-state index contributed by atoms with van der Waals surface area (Å²) in [7, 11) is 3.51. The number of hydrogen-bond donors (Lipinski definition) is 2. The Morgan fingerprint density at radius 2 is 1.81 bits per heavy atom. The molecule has 0 saturated carbocycles.